The monoisotopic (exact) mass is 301 g/mol. The Morgan fingerprint density at radius 2 is 1.67 bits per heavy atom. The van der Waals surface area contributed by atoms with Crippen LogP contribution in [0.5, 0.6) is 0 Å². The lowest BCUT2D eigenvalue weighted by Gasteiger charge is -2.19. The van der Waals surface area contributed by atoms with Gasteiger partial charge in [-0.3, -0.25) is 4.98 Å². The van der Waals surface area contributed by atoms with Crippen molar-refractivity contribution in [3.63, 3.8) is 0 Å². The number of aromatic nitrogens is 1. The van der Waals surface area contributed by atoms with Crippen LogP contribution in [0.1, 0.15) is 51.5 Å². The van der Waals surface area contributed by atoms with E-state index in [0.29, 0.717) is 6.42 Å². The Hall–Kier alpha value is -1.32. The molecule has 0 aliphatic carbocycles. The number of aliphatic hydroxyl groups is 1. The quantitative estimate of drug-likeness (QED) is 0.865. The van der Waals surface area contributed by atoms with Gasteiger partial charge in [-0.2, -0.15) is 0 Å². The molecule has 2 aromatic rings. The number of hydrogen-bond acceptors (Lipinski definition) is 3. The fourth-order valence-corrected chi connectivity index (χ4v) is 2.80. The molecule has 1 unspecified atom stereocenters. The normalized spacial score (nSPS) is 13.2. The maximum absolute atomic E-state index is 9.75. The first kappa shape index (κ1) is 16.1. The van der Waals surface area contributed by atoms with Gasteiger partial charge in [0.2, 0.25) is 0 Å². The van der Waals surface area contributed by atoms with Crippen LogP contribution in [0, 0.1) is 0 Å². The van der Waals surface area contributed by atoms with Crippen LogP contribution in [0.3, 0.4) is 0 Å². The summed E-state index contributed by atoms with van der Waals surface area (Å²) in [5.74, 6) is 0. The van der Waals surface area contributed by atoms with E-state index in [1.807, 2.05) is 25.3 Å². The Kier molecular flexibility index (Phi) is 5.07. The van der Waals surface area contributed by atoms with Gasteiger partial charge in [-0.05, 0) is 41.7 Å². The average molecular weight is 301 g/mol. The lowest BCUT2D eigenvalue weighted by Crippen LogP contribution is -2.10. The SMILES string of the molecule is CCC(O)c1ccc(Sc2ccc(C(C)(C)C)cc2)cn1. The highest BCUT2D eigenvalue weighted by atomic mass is 32.2. The third-order valence-electron chi connectivity index (χ3n) is 3.44. The van der Waals surface area contributed by atoms with Crippen LogP contribution in [0.15, 0.2) is 52.4 Å². The molecule has 0 spiro atoms. The van der Waals surface area contributed by atoms with Gasteiger partial charge >= 0.3 is 0 Å². The Labute approximate surface area is 131 Å². The van der Waals surface area contributed by atoms with Crippen molar-refractivity contribution in [3.05, 3.63) is 53.9 Å². The van der Waals surface area contributed by atoms with E-state index in [2.05, 4.69) is 50.0 Å². The summed E-state index contributed by atoms with van der Waals surface area (Å²) >= 11 is 1.69. The van der Waals surface area contributed by atoms with Crippen LogP contribution in [0.2, 0.25) is 0 Å². The average Bonchev–Trinajstić information content (AvgIpc) is 2.47. The number of rotatable bonds is 4. The van der Waals surface area contributed by atoms with Gasteiger partial charge < -0.3 is 5.11 Å². The lowest BCUT2D eigenvalue weighted by atomic mass is 9.87. The standard InChI is InChI=1S/C18H23NOS/c1-5-17(20)16-11-10-15(12-19-16)21-14-8-6-13(7-9-14)18(2,3)4/h6-12,17,20H,5H2,1-4H3. The summed E-state index contributed by atoms with van der Waals surface area (Å²) in [4.78, 5) is 6.62. The first-order chi connectivity index (χ1) is 9.90. The molecule has 0 bridgehead atoms. The Morgan fingerprint density at radius 1 is 1.05 bits per heavy atom. The Balaban J connectivity index is 2.08. The molecule has 0 saturated carbocycles. The van der Waals surface area contributed by atoms with Crippen LogP contribution in [0.4, 0.5) is 0 Å². The second-order valence-corrected chi connectivity index (χ2v) is 7.37. The van der Waals surface area contributed by atoms with Crippen LogP contribution in [-0.2, 0) is 5.41 Å². The molecule has 0 fully saturated rings. The van der Waals surface area contributed by atoms with Crippen molar-refractivity contribution < 1.29 is 5.11 Å². The number of aliphatic hydroxyl groups excluding tert-OH is 1. The molecule has 112 valence electrons. The largest absolute Gasteiger partial charge is 0.387 e. The zero-order valence-corrected chi connectivity index (χ0v) is 13.9. The Morgan fingerprint density at radius 3 is 2.14 bits per heavy atom. The van der Waals surface area contributed by atoms with E-state index in [-0.39, 0.29) is 5.41 Å². The maximum Gasteiger partial charge on any atom is 0.0957 e. The predicted octanol–water partition coefficient (Wildman–Crippen LogP) is 4.97. The fourth-order valence-electron chi connectivity index (χ4n) is 2.02. The first-order valence-electron chi connectivity index (χ1n) is 7.32. The molecule has 0 saturated heterocycles. The molecule has 0 aliphatic heterocycles. The topological polar surface area (TPSA) is 33.1 Å². The lowest BCUT2D eigenvalue weighted by molar-refractivity contribution is 0.169. The van der Waals surface area contributed by atoms with E-state index in [9.17, 15) is 5.11 Å². The number of nitrogens with zero attached hydrogens (tertiary/aromatic N) is 1. The van der Waals surface area contributed by atoms with E-state index >= 15 is 0 Å². The van der Waals surface area contributed by atoms with Crippen molar-refractivity contribution in [2.24, 2.45) is 0 Å². The van der Waals surface area contributed by atoms with Crippen LogP contribution in [-0.4, -0.2) is 10.1 Å². The van der Waals surface area contributed by atoms with E-state index in [4.69, 9.17) is 0 Å². The Bertz CT molecular complexity index is 570. The van der Waals surface area contributed by atoms with Crippen LogP contribution >= 0.6 is 11.8 Å². The molecule has 1 atom stereocenters. The van der Waals surface area contributed by atoms with Gasteiger partial charge in [0.05, 0.1) is 11.8 Å². The predicted molar refractivity (Wildman–Crippen MR) is 88.8 cm³/mol. The summed E-state index contributed by atoms with van der Waals surface area (Å²) in [6.07, 6.45) is 2.06. The molecule has 0 radical (unpaired) electrons. The molecule has 1 N–H and O–H groups in total. The minimum Gasteiger partial charge on any atom is -0.387 e. The van der Waals surface area contributed by atoms with Crippen molar-refractivity contribution in [2.45, 2.75) is 55.4 Å². The zero-order chi connectivity index (χ0) is 15.5. The van der Waals surface area contributed by atoms with Gasteiger partial charge in [0.25, 0.3) is 0 Å². The maximum atomic E-state index is 9.75. The van der Waals surface area contributed by atoms with Crippen LogP contribution < -0.4 is 0 Å². The van der Waals surface area contributed by atoms with Gasteiger partial charge in [-0.25, -0.2) is 0 Å². The van der Waals surface area contributed by atoms with Gasteiger partial charge in [-0.15, -0.1) is 0 Å². The molecular formula is C18H23NOS. The van der Waals surface area contributed by atoms with Gasteiger partial charge in [-0.1, -0.05) is 51.6 Å². The molecule has 0 amide bonds. The van der Waals surface area contributed by atoms with E-state index < -0.39 is 6.10 Å². The summed E-state index contributed by atoms with van der Waals surface area (Å²) in [6.45, 7) is 8.61. The third-order valence-corrected chi connectivity index (χ3v) is 4.43. The summed E-state index contributed by atoms with van der Waals surface area (Å²) in [5, 5.41) is 9.75. The van der Waals surface area contributed by atoms with Crippen molar-refractivity contribution in [3.8, 4) is 0 Å². The summed E-state index contributed by atoms with van der Waals surface area (Å²) < 4.78 is 0. The van der Waals surface area contributed by atoms with Crippen molar-refractivity contribution in [1.82, 2.24) is 4.98 Å². The van der Waals surface area contributed by atoms with E-state index in [1.165, 1.54) is 10.5 Å². The van der Waals surface area contributed by atoms with E-state index in [0.717, 1.165) is 10.6 Å². The molecule has 2 nitrogen and oxygen atoms in total. The molecule has 1 heterocycles. The van der Waals surface area contributed by atoms with Gasteiger partial charge in [0.15, 0.2) is 0 Å². The van der Waals surface area contributed by atoms with Crippen LogP contribution in [0.25, 0.3) is 0 Å². The highest BCUT2D eigenvalue weighted by molar-refractivity contribution is 7.99. The molecule has 21 heavy (non-hydrogen) atoms. The summed E-state index contributed by atoms with van der Waals surface area (Å²) in [5.41, 5.74) is 2.26. The minimum absolute atomic E-state index is 0.183. The summed E-state index contributed by atoms with van der Waals surface area (Å²) in [7, 11) is 0. The zero-order valence-electron chi connectivity index (χ0n) is 13.1. The molecule has 2 rings (SSSR count). The molecule has 1 aromatic carbocycles. The molecule has 3 heteroatoms. The fraction of sp³-hybridized carbons (Fsp3) is 0.389. The first-order valence-corrected chi connectivity index (χ1v) is 8.14. The second kappa shape index (κ2) is 6.63. The van der Waals surface area contributed by atoms with Crippen molar-refractivity contribution in [2.75, 3.05) is 0 Å². The van der Waals surface area contributed by atoms with Crippen molar-refractivity contribution >= 4 is 11.8 Å². The molecule has 1 aromatic heterocycles. The number of pyridine rings is 1. The number of hydrogen-bond donors (Lipinski definition) is 1. The molecule has 0 aliphatic rings. The molecular weight excluding hydrogens is 278 g/mol. The smallest absolute Gasteiger partial charge is 0.0957 e. The highest BCUT2D eigenvalue weighted by Gasteiger charge is 2.13. The highest BCUT2D eigenvalue weighted by Crippen LogP contribution is 2.30. The van der Waals surface area contributed by atoms with Crippen molar-refractivity contribution in [1.29, 1.82) is 0 Å². The third kappa shape index (κ3) is 4.32. The number of benzene rings is 1. The van der Waals surface area contributed by atoms with Gasteiger partial charge in [0, 0.05) is 16.0 Å². The van der Waals surface area contributed by atoms with Gasteiger partial charge in [0.1, 0.15) is 0 Å². The summed E-state index contributed by atoms with van der Waals surface area (Å²) in [6, 6.07) is 12.6. The second-order valence-electron chi connectivity index (χ2n) is 6.22. The minimum atomic E-state index is -0.463. The van der Waals surface area contributed by atoms with E-state index in [1.54, 1.807) is 11.8 Å².